The Hall–Kier alpha value is -3.51. The summed E-state index contributed by atoms with van der Waals surface area (Å²) in [6.07, 6.45) is 12.2. The third-order valence-electron chi connectivity index (χ3n) is 8.77. The summed E-state index contributed by atoms with van der Waals surface area (Å²) >= 11 is 6.55. The molecule has 3 fully saturated rings. The Labute approximate surface area is 248 Å². The van der Waals surface area contributed by atoms with Crippen LogP contribution in [0.25, 0.3) is 11.2 Å². The van der Waals surface area contributed by atoms with E-state index in [-0.39, 0.29) is 23.3 Å². The lowest BCUT2D eigenvalue weighted by Crippen LogP contribution is -2.40. The Balaban J connectivity index is 1.40. The maximum absolute atomic E-state index is 12.2. The van der Waals surface area contributed by atoms with E-state index in [1.807, 2.05) is 0 Å². The summed E-state index contributed by atoms with van der Waals surface area (Å²) in [5.74, 6) is -0.763. The van der Waals surface area contributed by atoms with Crippen molar-refractivity contribution in [3.8, 4) is 0 Å². The fourth-order valence-electron chi connectivity index (χ4n) is 7.15. The van der Waals surface area contributed by atoms with Crippen LogP contribution in [0, 0.1) is 11.3 Å². The molecule has 0 bridgehead atoms. The highest BCUT2D eigenvalue weighted by atomic mass is 35.5. The summed E-state index contributed by atoms with van der Waals surface area (Å²) in [5.41, 5.74) is 1.04. The standard InChI is InChI=1S/C29H34ClN5O7/c1-16(36)39-13-21-23(40-17(2)37)24(41-18(3)38)27(42-21)35-15-31-22-25(32-28(30)33-26(22)35)34-14-29(11-7-4-8-12-29)19-9-5-6-10-20(19)34/h5-6,9-10,15,19-21,23-24,27H,4,7-8,11-14H2,1-3H3/t19?,20?,21-,23-,24-,27-/m1/s1. The lowest BCUT2D eigenvalue weighted by Gasteiger charge is -2.38. The van der Waals surface area contributed by atoms with Crippen molar-refractivity contribution in [1.82, 2.24) is 19.5 Å². The molecule has 1 saturated carbocycles. The zero-order chi connectivity index (χ0) is 29.6. The Morgan fingerprint density at radius 2 is 1.71 bits per heavy atom. The van der Waals surface area contributed by atoms with E-state index in [4.69, 9.17) is 35.5 Å². The number of hydrogen-bond acceptors (Lipinski definition) is 11. The maximum Gasteiger partial charge on any atom is 0.303 e. The molecule has 2 aromatic rings. The molecular weight excluding hydrogens is 566 g/mol. The van der Waals surface area contributed by atoms with Crippen molar-refractivity contribution in [2.24, 2.45) is 11.3 Å². The summed E-state index contributed by atoms with van der Waals surface area (Å²) in [4.78, 5) is 51.9. The molecule has 4 heterocycles. The molecule has 6 rings (SSSR count). The lowest BCUT2D eigenvalue weighted by molar-refractivity contribution is -0.166. The Bertz CT molecular complexity index is 1450. The Kier molecular flexibility index (Phi) is 7.69. The molecule has 2 saturated heterocycles. The van der Waals surface area contributed by atoms with Gasteiger partial charge >= 0.3 is 17.9 Å². The largest absolute Gasteiger partial charge is 0.463 e. The lowest BCUT2D eigenvalue weighted by atomic mass is 9.65. The average Bonchev–Trinajstić information content (AvgIpc) is 3.60. The van der Waals surface area contributed by atoms with Crippen LogP contribution in [-0.4, -0.2) is 74.9 Å². The van der Waals surface area contributed by atoms with Crippen molar-refractivity contribution < 1.29 is 33.3 Å². The van der Waals surface area contributed by atoms with Crippen molar-refractivity contribution >= 4 is 46.5 Å². The van der Waals surface area contributed by atoms with E-state index in [0.717, 1.165) is 19.4 Å². The Morgan fingerprint density at radius 1 is 1.00 bits per heavy atom. The second-order valence-corrected chi connectivity index (χ2v) is 11.8. The van der Waals surface area contributed by atoms with Gasteiger partial charge < -0.3 is 23.8 Å². The van der Waals surface area contributed by atoms with Crippen LogP contribution in [0.5, 0.6) is 0 Å². The molecule has 2 aliphatic heterocycles. The molecule has 0 amide bonds. The number of fused-ring (bicyclic) bond motifs is 3. The number of esters is 3. The molecule has 6 atom stereocenters. The highest BCUT2D eigenvalue weighted by Crippen LogP contribution is 2.53. The SMILES string of the molecule is CC(=O)OC[C@H]1O[C@@H](n2cnc3c(N4CC5(CCCCC5)C5C=CC=CC54)nc(Cl)nc32)[C@H](OC(C)=O)[C@@H]1OC(C)=O. The zero-order valence-electron chi connectivity index (χ0n) is 23.8. The van der Waals surface area contributed by atoms with Crippen molar-refractivity contribution in [2.45, 2.75) is 83.5 Å². The van der Waals surface area contributed by atoms with E-state index in [9.17, 15) is 14.4 Å². The molecule has 2 aliphatic carbocycles. The molecule has 2 unspecified atom stereocenters. The molecule has 2 aromatic heterocycles. The smallest absolute Gasteiger partial charge is 0.303 e. The van der Waals surface area contributed by atoms with Gasteiger partial charge in [-0.25, -0.2) is 4.98 Å². The minimum absolute atomic E-state index is 0.0331. The van der Waals surface area contributed by atoms with Gasteiger partial charge in [0.2, 0.25) is 5.28 Å². The van der Waals surface area contributed by atoms with Crippen LogP contribution < -0.4 is 4.90 Å². The first-order valence-electron chi connectivity index (χ1n) is 14.3. The minimum Gasteiger partial charge on any atom is -0.463 e. The van der Waals surface area contributed by atoms with Crippen LogP contribution in [0.2, 0.25) is 5.28 Å². The number of allylic oxidation sites excluding steroid dienone is 2. The number of hydrogen-bond donors (Lipinski definition) is 0. The van der Waals surface area contributed by atoms with Gasteiger partial charge in [-0.2, -0.15) is 9.97 Å². The van der Waals surface area contributed by atoms with Gasteiger partial charge in [0.25, 0.3) is 0 Å². The first-order valence-corrected chi connectivity index (χ1v) is 14.7. The van der Waals surface area contributed by atoms with E-state index in [2.05, 4.69) is 39.2 Å². The van der Waals surface area contributed by atoms with Crippen LogP contribution in [0.4, 0.5) is 5.82 Å². The summed E-state index contributed by atoms with van der Waals surface area (Å²) in [6, 6.07) is 0.102. The van der Waals surface area contributed by atoms with E-state index >= 15 is 0 Å². The highest BCUT2D eigenvalue weighted by molar-refractivity contribution is 6.28. The van der Waals surface area contributed by atoms with E-state index in [1.165, 1.54) is 46.4 Å². The van der Waals surface area contributed by atoms with E-state index in [1.54, 1.807) is 4.57 Å². The Morgan fingerprint density at radius 3 is 2.43 bits per heavy atom. The molecule has 0 N–H and O–H groups in total. The van der Waals surface area contributed by atoms with Crippen LogP contribution in [-0.2, 0) is 33.3 Å². The van der Waals surface area contributed by atoms with Gasteiger partial charge in [-0.1, -0.05) is 43.6 Å². The number of carbonyl (C=O) groups excluding carboxylic acids is 3. The number of aromatic nitrogens is 4. The van der Waals surface area contributed by atoms with Crippen molar-refractivity contribution in [2.75, 3.05) is 18.1 Å². The number of imidazole rings is 1. The van der Waals surface area contributed by atoms with Gasteiger partial charge in [-0.15, -0.1) is 0 Å². The first-order chi connectivity index (χ1) is 20.2. The zero-order valence-corrected chi connectivity index (χ0v) is 24.5. The van der Waals surface area contributed by atoms with Gasteiger partial charge in [0, 0.05) is 33.2 Å². The predicted molar refractivity (Wildman–Crippen MR) is 150 cm³/mol. The fourth-order valence-corrected chi connectivity index (χ4v) is 7.31. The van der Waals surface area contributed by atoms with Gasteiger partial charge in [0.15, 0.2) is 35.4 Å². The number of rotatable bonds is 6. The van der Waals surface area contributed by atoms with E-state index < -0.39 is 42.4 Å². The molecule has 1 spiro atoms. The molecule has 13 heteroatoms. The monoisotopic (exact) mass is 599 g/mol. The number of nitrogens with zero attached hydrogens (tertiary/aromatic N) is 5. The summed E-state index contributed by atoms with van der Waals surface area (Å²) in [6.45, 7) is 4.36. The van der Waals surface area contributed by atoms with Crippen LogP contribution in [0.1, 0.15) is 59.1 Å². The summed E-state index contributed by atoms with van der Waals surface area (Å²) in [5, 5.41) is 0.0331. The third kappa shape index (κ3) is 5.15. The molecular formula is C29H34ClN5O7. The fraction of sp³-hybridized carbons (Fsp3) is 0.586. The van der Waals surface area contributed by atoms with Gasteiger partial charge in [0.05, 0.1) is 12.4 Å². The molecule has 12 nitrogen and oxygen atoms in total. The topological polar surface area (TPSA) is 135 Å². The van der Waals surface area contributed by atoms with Gasteiger partial charge in [-0.3, -0.25) is 19.0 Å². The first kappa shape index (κ1) is 28.6. The highest BCUT2D eigenvalue weighted by Gasteiger charge is 2.53. The van der Waals surface area contributed by atoms with Crippen molar-refractivity contribution in [3.05, 3.63) is 35.9 Å². The average molecular weight is 600 g/mol. The van der Waals surface area contributed by atoms with Crippen molar-refractivity contribution in [3.63, 3.8) is 0 Å². The van der Waals surface area contributed by atoms with Gasteiger partial charge in [0.1, 0.15) is 12.7 Å². The predicted octanol–water partition coefficient (Wildman–Crippen LogP) is 3.68. The number of halogens is 1. The third-order valence-corrected chi connectivity index (χ3v) is 8.94. The number of carbonyl (C=O) groups is 3. The second kappa shape index (κ2) is 11.3. The van der Waals surface area contributed by atoms with Gasteiger partial charge in [-0.05, 0) is 29.9 Å². The molecule has 42 heavy (non-hydrogen) atoms. The van der Waals surface area contributed by atoms with E-state index in [0.29, 0.717) is 22.9 Å². The second-order valence-electron chi connectivity index (χ2n) is 11.5. The van der Waals surface area contributed by atoms with Crippen molar-refractivity contribution in [1.29, 1.82) is 0 Å². The number of anilines is 1. The maximum atomic E-state index is 12.2. The van der Waals surface area contributed by atoms with Crippen LogP contribution in [0.15, 0.2) is 30.6 Å². The molecule has 0 radical (unpaired) electrons. The normalized spacial score (nSPS) is 29.6. The van der Waals surface area contributed by atoms with Crippen LogP contribution in [0.3, 0.4) is 0 Å². The summed E-state index contributed by atoms with van der Waals surface area (Å²) < 4.78 is 24.1. The quantitative estimate of drug-likeness (QED) is 0.273. The van der Waals surface area contributed by atoms with Crippen LogP contribution >= 0.6 is 11.6 Å². The molecule has 4 aliphatic rings. The summed E-state index contributed by atoms with van der Waals surface area (Å²) in [7, 11) is 0. The molecule has 0 aromatic carbocycles. The number of ether oxygens (including phenoxy) is 4. The minimum atomic E-state index is -1.07. The molecule has 224 valence electrons.